The first-order valence-electron chi connectivity index (χ1n) is 8.51. The number of carbonyl (C=O) groups is 2. The third-order valence-corrected chi connectivity index (χ3v) is 4.35. The average molecular weight is 409 g/mol. The molecular formula is C19H18ClFN2O5. The predicted octanol–water partition coefficient (Wildman–Crippen LogP) is 3.48. The molecule has 2 unspecified atom stereocenters. The molecule has 0 radical (unpaired) electrons. The van der Waals surface area contributed by atoms with Gasteiger partial charge in [-0.05, 0) is 26.0 Å². The van der Waals surface area contributed by atoms with E-state index in [1.54, 1.807) is 13.8 Å². The smallest absolute Gasteiger partial charge is 0.338 e. The van der Waals surface area contributed by atoms with Gasteiger partial charge in [0.15, 0.2) is 0 Å². The standard InChI is InChI=1S/C19H18ClFN2O5/c1-3-26-14(24)8-13-17(19(25)27-4-2)15(10(9-22)18(23)28-13)16-11(20)6-5-7-12(16)21/h5-7,10,15,23H,3-4,8H2,1-2H3. The summed E-state index contributed by atoms with van der Waals surface area (Å²) in [6.45, 7) is 3.28. The molecule has 0 bridgehead atoms. The van der Waals surface area contributed by atoms with Crippen LogP contribution in [0, 0.1) is 28.5 Å². The lowest BCUT2D eigenvalue weighted by Crippen LogP contribution is -2.35. The van der Waals surface area contributed by atoms with Gasteiger partial charge >= 0.3 is 11.9 Å². The SMILES string of the molecule is CCOC(=O)CC1=C(C(=O)OCC)C(c2c(F)cccc2Cl)C(C#N)C(=N)O1. The van der Waals surface area contributed by atoms with E-state index >= 15 is 0 Å². The normalized spacial score (nSPS) is 18.9. The highest BCUT2D eigenvalue weighted by molar-refractivity contribution is 6.31. The number of esters is 2. The predicted molar refractivity (Wildman–Crippen MR) is 97.0 cm³/mol. The Balaban J connectivity index is 2.73. The quantitative estimate of drug-likeness (QED) is 0.721. The summed E-state index contributed by atoms with van der Waals surface area (Å²) in [7, 11) is 0. The topological polar surface area (TPSA) is 109 Å². The van der Waals surface area contributed by atoms with Crippen molar-refractivity contribution in [1.82, 2.24) is 0 Å². The third-order valence-electron chi connectivity index (χ3n) is 4.02. The molecule has 7 nitrogen and oxygen atoms in total. The Kier molecular flexibility index (Phi) is 7.12. The van der Waals surface area contributed by atoms with Crippen molar-refractivity contribution in [2.24, 2.45) is 5.92 Å². The van der Waals surface area contributed by atoms with Gasteiger partial charge in [-0.3, -0.25) is 10.2 Å². The zero-order valence-corrected chi connectivity index (χ0v) is 16.0. The number of hydrogen-bond donors (Lipinski definition) is 1. The molecule has 28 heavy (non-hydrogen) atoms. The van der Waals surface area contributed by atoms with Crippen molar-refractivity contribution >= 4 is 29.4 Å². The minimum Gasteiger partial charge on any atom is -0.466 e. The van der Waals surface area contributed by atoms with Crippen LogP contribution in [-0.2, 0) is 23.8 Å². The molecule has 0 aromatic heterocycles. The molecule has 0 spiro atoms. The molecule has 1 heterocycles. The first-order chi connectivity index (χ1) is 13.3. The maximum absolute atomic E-state index is 14.6. The summed E-state index contributed by atoms with van der Waals surface area (Å²) >= 11 is 6.16. The molecule has 0 saturated heterocycles. The molecule has 0 amide bonds. The molecule has 1 aromatic rings. The van der Waals surface area contributed by atoms with Crippen LogP contribution >= 0.6 is 11.6 Å². The van der Waals surface area contributed by atoms with Crippen molar-refractivity contribution in [1.29, 1.82) is 10.7 Å². The van der Waals surface area contributed by atoms with E-state index in [1.165, 1.54) is 12.1 Å². The Morgan fingerprint density at radius 3 is 2.57 bits per heavy atom. The van der Waals surface area contributed by atoms with Crippen molar-refractivity contribution in [2.75, 3.05) is 13.2 Å². The van der Waals surface area contributed by atoms with E-state index < -0.39 is 41.9 Å². The van der Waals surface area contributed by atoms with E-state index in [1.807, 2.05) is 6.07 Å². The van der Waals surface area contributed by atoms with E-state index in [-0.39, 0.29) is 35.1 Å². The number of benzene rings is 1. The Morgan fingerprint density at radius 1 is 1.32 bits per heavy atom. The second kappa shape index (κ2) is 9.33. The van der Waals surface area contributed by atoms with Crippen LogP contribution in [0.4, 0.5) is 4.39 Å². The summed E-state index contributed by atoms with van der Waals surface area (Å²) in [5.74, 6) is -5.72. The molecule has 1 N–H and O–H groups in total. The Morgan fingerprint density at radius 2 is 2.00 bits per heavy atom. The summed E-state index contributed by atoms with van der Waals surface area (Å²) < 4.78 is 29.8. The molecule has 2 atom stereocenters. The van der Waals surface area contributed by atoms with Crippen molar-refractivity contribution in [3.05, 3.63) is 45.9 Å². The molecule has 1 aliphatic rings. The van der Waals surface area contributed by atoms with Gasteiger partial charge in [0.1, 0.15) is 23.9 Å². The lowest BCUT2D eigenvalue weighted by molar-refractivity contribution is -0.142. The number of halogens is 2. The van der Waals surface area contributed by atoms with Crippen LogP contribution in [-0.4, -0.2) is 31.1 Å². The molecule has 1 aromatic carbocycles. The number of nitrogens with one attached hydrogen (secondary N) is 1. The Hall–Kier alpha value is -2.92. The van der Waals surface area contributed by atoms with Gasteiger partial charge in [-0.15, -0.1) is 0 Å². The first-order valence-corrected chi connectivity index (χ1v) is 8.89. The molecule has 0 fully saturated rings. The van der Waals surface area contributed by atoms with Crippen molar-refractivity contribution in [2.45, 2.75) is 26.2 Å². The zero-order chi connectivity index (χ0) is 20.8. The Bertz CT molecular complexity index is 857. The number of nitriles is 1. The highest BCUT2D eigenvalue weighted by Crippen LogP contribution is 2.44. The molecule has 9 heteroatoms. The van der Waals surface area contributed by atoms with Crippen LogP contribution in [0.15, 0.2) is 29.5 Å². The molecule has 148 valence electrons. The highest BCUT2D eigenvalue weighted by Gasteiger charge is 2.44. The van der Waals surface area contributed by atoms with Gasteiger partial charge in [-0.1, -0.05) is 17.7 Å². The van der Waals surface area contributed by atoms with E-state index in [2.05, 4.69) is 0 Å². The van der Waals surface area contributed by atoms with E-state index in [4.69, 9.17) is 31.2 Å². The van der Waals surface area contributed by atoms with Crippen LogP contribution in [0.2, 0.25) is 5.02 Å². The molecule has 0 saturated carbocycles. The first kappa shape index (κ1) is 21.4. The van der Waals surface area contributed by atoms with Gasteiger partial charge < -0.3 is 14.2 Å². The van der Waals surface area contributed by atoms with Gasteiger partial charge in [0.25, 0.3) is 0 Å². The van der Waals surface area contributed by atoms with Gasteiger partial charge in [0.05, 0.1) is 24.9 Å². The fourth-order valence-electron chi connectivity index (χ4n) is 2.92. The fourth-order valence-corrected chi connectivity index (χ4v) is 3.20. The molecule has 2 rings (SSSR count). The van der Waals surface area contributed by atoms with Crippen molar-refractivity contribution < 1.29 is 28.2 Å². The van der Waals surface area contributed by atoms with Crippen LogP contribution < -0.4 is 0 Å². The minimum absolute atomic E-state index is 0.00140. The van der Waals surface area contributed by atoms with Crippen LogP contribution in [0.25, 0.3) is 0 Å². The molecular weight excluding hydrogens is 391 g/mol. The maximum atomic E-state index is 14.6. The molecule has 1 aliphatic heterocycles. The molecule has 0 aliphatic carbocycles. The monoisotopic (exact) mass is 408 g/mol. The van der Waals surface area contributed by atoms with E-state index in [0.29, 0.717) is 0 Å². The van der Waals surface area contributed by atoms with Gasteiger partial charge in [0.2, 0.25) is 5.90 Å². The van der Waals surface area contributed by atoms with Crippen molar-refractivity contribution in [3.63, 3.8) is 0 Å². The van der Waals surface area contributed by atoms with Crippen LogP contribution in [0.3, 0.4) is 0 Å². The average Bonchev–Trinajstić information content (AvgIpc) is 2.62. The van der Waals surface area contributed by atoms with E-state index in [9.17, 15) is 19.2 Å². The summed E-state index contributed by atoms with van der Waals surface area (Å²) in [6, 6.07) is 5.76. The number of carbonyl (C=O) groups excluding carboxylic acids is 2. The van der Waals surface area contributed by atoms with Crippen molar-refractivity contribution in [3.8, 4) is 6.07 Å². The highest BCUT2D eigenvalue weighted by atomic mass is 35.5. The summed E-state index contributed by atoms with van der Waals surface area (Å²) in [5, 5.41) is 17.6. The van der Waals surface area contributed by atoms with Gasteiger partial charge in [-0.25, -0.2) is 9.18 Å². The lowest BCUT2D eigenvalue weighted by Gasteiger charge is -2.32. The number of hydrogen-bond acceptors (Lipinski definition) is 7. The Labute approximate surface area is 166 Å². The number of nitrogens with zero attached hydrogens (tertiary/aromatic N) is 1. The zero-order valence-electron chi connectivity index (χ0n) is 15.3. The lowest BCUT2D eigenvalue weighted by atomic mass is 9.78. The van der Waals surface area contributed by atoms with Crippen LogP contribution in [0.5, 0.6) is 0 Å². The summed E-state index contributed by atoms with van der Waals surface area (Å²) in [5.41, 5.74) is -0.377. The largest absolute Gasteiger partial charge is 0.466 e. The maximum Gasteiger partial charge on any atom is 0.338 e. The summed E-state index contributed by atoms with van der Waals surface area (Å²) in [6.07, 6.45) is -0.481. The van der Waals surface area contributed by atoms with Gasteiger partial charge in [-0.2, -0.15) is 5.26 Å². The number of ether oxygens (including phenoxy) is 3. The second-order valence-electron chi connectivity index (χ2n) is 5.73. The number of rotatable bonds is 6. The fraction of sp³-hybridized carbons (Fsp3) is 0.368. The van der Waals surface area contributed by atoms with E-state index in [0.717, 1.165) is 6.07 Å². The van der Waals surface area contributed by atoms with Gasteiger partial charge in [0, 0.05) is 16.5 Å². The second-order valence-corrected chi connectivity index (χ2v) is 6.13. The summed E-state index contributed by atoms with van der Waals surface area (Å²) in [4.78, 5) is 24.6. The third kappa shape index (κ3) is 4.31. The minimum atomic E-state index is -1.33. The van der Waals surface area contributed by atoms with Crippen LogP contribution in [0.1, 0.15) is 31.7 Å².